The van der Waals surface area contributed by atoms with Crippen LogP contribution in [0.25, 0.3) is 0 Å². The number of nitrogens with zero attached hydrogens (tertiary/aromatic N) is 3. The summed E-state index contributed by atoms with van der Waals surface area (Å²) in [4.78, 5) is 26.4. The monoisotopic (exact) mass is 534 g/mol. The van der Waals surface area contributed by atoms with Gasteiger partial charge in [0.2, 0.25) is 0 Å². The molecular weight excluding hydrogens is 499 g/mol. The van der Waals surface area contributed by atoms with Gasteiger partial charge < -0.3 is 15.3 Å². The topological polar surface area (TPSA) is 85.2 Å². The van der Waals surface area contributed by atoms with Crippen molar-refractivity contribution in [2.45, 2.75) is 38.5 Å². The number of carboxylic acids is 1. The average molecular weight is 536 g/mol. The molecule has 1 aliphatic heterocycles. The van der Waals surface area contributed by atoms with Crippen molar-refractivity contribution < 1.29 is 14.7 Å². The van der Waals surface area contributed by atoms with E-state index < -0.39 is 5.97 Å². The van der Waals surface area contributed by atoms with Crippen LogP contribution in [0.15, 0.2) is 47.6 Å². The SMILES string of the molecule is CCC1c2cc(NC(=O)c3ccc(C=NN4CCN(C)CC4)cc3)ccc2CCC1CC(=O)O.Cl.Cl. The highest BCUT2D eigenvalue weighted by Gasteiger charge is 2.30. The number of hydrogen-bond donors (Lipinski definition) is 2. The summed E-state index contributed by atoms with van der Waals surface area (Å²) in [6.45, 7) is 5.97. The maximum atomic E-state index is 12.9. The fraction of sp³-hybridized carbons (Fsp3) is 0.444. The van der Waals surface area contributed by atoms with Crippen molar-refractivity contribution in [3.8, 4) is 0 Å². The Hall–Kier alpha value is -2.61. The first kappa shape index (κ1) is 29.6. The average Bonchev–Trinajstić information content (AvgIpc) is 2.83. The minimum atomic E-state index is -0.742. The number of carboxylic acid groups (broad SMARTS) is 1. The molecule has 1 fully saturated rings. The quantitative estimate of drug-likeness (QED) is 0.493. The third-order valence-electron chi connectivity index (χ3n) is 7.06. The summed E-state index contributed by atoms with van der Waals surface area (Å²) in [5, 5.41) is 18.9. The number of hydrogen-bond acceptors (Lipinski definition) is 5. The van der Waals surface area contributed by atoms with Crippen LogP contribution in [0.5, 0.6) is 0 Å². The second kappa shape index (κ2) is 13.6. The second-order valence-corrected chi connectivity index (χ2v) is 9.40. The number of nitrogens with one attached hydrogen (secondary N) is 1. The smallest absolute Gasteiger partial charge is 0.303 e. The van der Waals surface area contributed by atoms with Crippen LogP contribution in [-0.2, 0) is 11.2 Å². The van der Waals surface area contributed by atoms with Gasteiger partial charge in [0.15, 0.2) is 0 Å². The minimum absolute atomic E-state index is 0. The Morgan fingerprint density at radius 1 is 1.08 bits per heavy atom. The molecule has 1 aliphatic carbocycles. The molecule has 0 spiro atoms. The number of carbonyl (C=O) groups excluding carboxylic acids is 1. The zero-order valence-electron chi connectivity index (χ0n) is 20.9. The van der Waals surface area contributed by atoms with Gasteiger partial charge in [0, 0.05) is 43.9 Å². The van der Waals surface area contributed by atoms with Crippen LogP contribution in [0, 0.1) is 5.92 Å². The fourth-order valence-electron chi connectivity index (χ4n) is 5.05. The van der Waals surface area contributed by atoms with E-state index in [4.69, 9.17) is 0 Å². The lowest BCUT2D eigenvalue weighted by Gasteiger charge is -2.32. The van der Waals surface area contributed by atoms with E-state index in [0.717, 1.165) is 56.7 Å². The number of aliphatic carboxylic acids is 1. The van der Waals surface area contributed by atoms with Crippen molar-refractivity contribution in [3.63, 3.8) is 0 Å². The Kier molecular flexibility index (Phi) is 11.2. The molecule has 2 unspecified atom stereocenters. The number of benzene rings is 2. The lowest BCUT2D eigenvalue weighted by molar-refractivity contribution is -0.138. The van der Waals surface area contributed by atoms with Gasteiger partial charge in [0.25, 0.3) is 5.91 Å². The van der Waals surface area contributed by atoms with Gasteiger partial charge in [-0.15, -0.1) is 24.8 Å². The Morgan fingerprint density at radius 3 is 2.42 bits per heavy atom. The van der Waals surface area contributed by atoms with Crippen LogP contribution in [0.3, 0.4) is 0 Å². The van der Waals surface area contributed by atoms with E-state index in [1.54, 1.807) is 0 Å². The fourth-order valence-corrected chi connectivity index (χ4v) is 5.05. The first-order chi connectivity index (χ1) is 16.4. The summed E-state index contributed by atoms with van der Waals surface area (Å²) in [6.07, 6.45) is 4.70. The predicted octanol–water partition coefficient (Wildman–Crippen LogP) is 4.89. The van der Waals surface area contributed by atoms with Crippen LogP contribution in [-0.4, -0.2) is 66.3 Å². The number of fused-ring (bicyclic) bond motifs is 1. The Morgan fingerprint density at radius 2 is 1.78 bits per heavy atom. The molecule has 2 aliphatic rings. The number of anilines is 1. The number of amides is 1. The van der Waals surface area contributed by atoms with E-state index in [-0.39, 0.29) is 49.0 Å². The van der Waals surface area contributed by atoms with E-state index in [1.807, 2.05) is 42.6 Å². The van der Waals surface area contributed by atoms with Gasteiger partial charge in [-0.1, -0.05) is 25.1 Å². The molecule has 9 heteroatoms. The van der Waals surface area contributed by atoms with Gasteiger partial charge in [-0.2, -0.15) is 5.10 Å². The molecule has 2 atom stereocenters. The van der Waals surface area contributed by atoms with E-state index in [9.17, 15) is 14.7 Å². The van der Waals surface area contributed by atoms with Gasteiger partial charge >= 0.3 is 5.97 Å². The largest absolute Gasteiger partial charge is 0.481 e. The summed E-state index contributed by atoms with van der Waals surface area (Å²) >= 11 is 0. The molecule has 1 heterocycles. The lowest BCUT2D eigenvalue weighted by atomic mass is 9.72. The van der Waals surface area contributed by atoms with Crippen LogP contribution in [0.1, 0.15) is 59.2 Å². The van der Waals surface area contributed by atoms with Crippen LogP contribution >= 0.6 is 24.8 Å². The molecule has 0 bridgehead atoms. The van der Waals surface area contributed by atoms with E-state index in [0.29, 0.717) is 5.56 Å². The summed E-state index contributed by atoms with van der Waals surface area (Å²) in [6, 6.07) is 13.5. The third kappa shape index (κ3) is 7.45. The molecule has 0 radical (unpaired) electrons. The van der Waals surface area contributed by atoms with Crippen molar-refractivity contribution in [1.29, 1.82) is 0 Å². The maximum Gasteiger partial charge on any atom is 0.303 e. The van der Waals surface area contributed by atoms with Crippen molar-refractivity contribution in [2.75, 3.05) is 38.5 Å². The molecule has 36 heavy (non-hydrogen) atoms. The third-order valence-corrected chi connectivity index (χ3v) is 7.06. The molecular formula is C27H36Cl2N4O3. The van der Waals surface area contributed by atoms with Gasteiger partial charge in [-0.3, -0.25) is 14.6 Å². The molecule has 2 N–H and O–H groups in total. The number of piperazine rings is 1. The number of likely N-dealkylation sites (N-methyl/N-ethyl adjacent to an activating group) is 1. The first-order valence-electron chi connectivity index (χ1n) is 12.2. The highest BCUT2D eigenvalue weighted by Crippen LogP contribution is 2.41. The van der Waals surface area contributed by atoms with Crippen LogP contribution in [0.2, 0.25) is 0 Å². The molecule has 7 nitrogen and oxygen atoms in total. The second-order valence-electron chi connectivity index (χ2n) is 9.40. The molecule has 196 valence electrons. The Labute approximate surface area is 225 Å². The number of aryl methyl sites for hydroxylation is 1. The van der Waals surface area contributed by atoms with Crippen molar-refractivity contribution >= 4 is 48.6 Å². The standard InChI is InChI=1S/C27H34N4O3.2ClH/c1-3-24-22(16-26(32)33)9-8-20-10-11-23(17-25(20)24)29-27(34)21-6-4-19(5-7-21)18-28-31-14-12-30(2)13-15-31;;/h4-7,10-11,17-18,22,24H,3,8-9,12-16H2,1-2H3,(H,29,34)(H,32,33);2*1H. The summed E-state index contributed by atoms with van der Waals surface area (Å²) in [7, 11) is 2.12. The number of halogens is 2. The zero-order chi connectivity index (χ0) is 24.1. The predicted molar refractivity (Wildman–Crippen MR) is 149 cm³/mol. The molecule has 1 amide bonds. The van der Waals surface area contributed by atoms with Gasteiger partial charge in [0.1, 0.15) is 0 Å². The van der Waals surface area contributed by atoms with E-state index >= 15 is 0 Å². The molecule has 1 saturated heterocycles. The van der Waals surface area contributed by atoms with E-state index in [2.05, 4.69) is 40.4 Å². The highest BCUT2D eigenvalue weighted by molar-refractivity contribution is 6.04. The van der Waals surface area contributed by atoms with E-state index in [1.165, 1.54) is 11.1 Å². The molecule has 0 aromatic heterocycles. The zero-order valence-corrected chi connectivity index (χ0v) is 22.5. The summed E-state index contributed by atoms with van der Waals surface area (Å²) in [5.41, 5.74) is 4.73. The molecule has 4 rings (SSSR count). The molecule has 0 saturated carbocycles. The summed E-state index contributed by atoms with van der Waals surface area (Å²) in [5.74, 6) is -0.557. The normalized spacial score (nSPS) is 19.7. The van der Waals surface area contributed by atoms with Gasteiger partial charge in [-0.05, 0) is 79.1 Å². The Balaban J connectivity index is 0.00000228. The van der Waals surface area contributed by atoms with Crippen LogP contribution in [0.4, 0.5) is 5.69 Å². The number of hydrazone groups is 1. The maximum absolute atomic E-state index is 12.9. The number of carbonyl (C=O) groups is 2. The first-order valence-corrected chi connectivity index (χ1v) is 12.2. The van der Waals surface area contributed by atoms with Crippen molar-refractivity contribution in [2.24, 2.45) is 11.0 Å². The summed E-state index contributed by atoms with van der Waals surface area (Å²) < 4.78 is 0. The molecule has 2 aromatic carbocycles. The molecule has 2 aromatic rings. The Bertz CT molecular complexity index is 1050. The minimum Gasteiger partial charge on any atom is -0.481 e. The van der Waals surface area contributed by atoms with Crippen molar-refractivity contribution in [1.82, 2.24) is 9.91 Å². The van der Waals surface area contributed by atoms with Gasteiger partial charge in [0.05, 0.1) is 6.21 Å². The van der Waals surface area contributed by atoms with Crippen LogP contribution < -0.4 is 5.32 Å². The lowest BCUT2D eigenvalue weighted by Crippen LogP contribution is -2.41. The van der Waals surface area contributed by atoms with Gasteiger partial charge in [-0.25, -0.2) is 0 Å². The highest BCUT2D eigenvalue weighted by atomic mass is 35.5. The van der Waals surface area contributed by atoms with Crippen molar-refractivity contribution in [3.05, 3.63) is 64.7 Å². The number of rotatable bonds is 7.